The first-order valence-corrected chi connectivity index (χ1v) is 9.47. The lowest BCUT2D eigenvalue weighted by Gasteiger charge is -2.11. The molecule has 1 N–H and O–H groups in total. The summed E-state index contributed by atoms with van der Waals surface area (Å²) in [6.45, 7) is 0.959. The van der Waals surface area contributed by atoms with E-state index in [4.69, 9.17) is 16.6 Å². The van der Waals surface area contributed by atoms with Gasteiger partial charge in [-0.05, 0) is 35.2 Å². The summed E-state index contributed by atoms with van der Waals surface area (Å²) >= 11 is 7.76. The number of aromatic nitrogens is 2. The van der Waals surface area contributed by atoms with Crippen LogP contribution in [0.15, 0.2) is 66.0 Å². The van der Waals surface area contributed by atoms with E-state index in [1.807, 2.05) is 66.0 Å². The lowest BCUT2D eigenvalue weighted by Crippen LogP contribution is -2.24. The van der Waals surface area contributed by atoms with Crippen LogP contribution in [0.3, 0.4) is 0 Å². The second kappa shape index (κ2) is 7.32. The quantitative estimate of drug-likeness (QED) is 0.543. The van der Waals surface area contributed by atoms with Crippen molar-refractivity contribution in [2.75, 3.05) is 0 Å². The van der Waals surface area contributed by atoms with Crippen molar-refractivity contribution >= 4 is 39.9 Å². The highest BCUT2D eigenvalue weighted by Crippen LogP contribution is 2.22. The Hall–Kier alpha value is -2.63. The predicted octanol–water partition coefficient (Wildman–Crippen LogP) is 4.73. The molecule has 0 saturated carbocycles. The number of para-hydroxylation sites is 2. The number of imidazole rings is 1. The summed E-state index contributed by atoms with van der Waals surface area (Å²) in [5.41, 5.74) is 2.94. The molecule has 1 amide bonds. The van der Waals surface area contributed by atoms with Crippen molar-refractivity contribution in [3.05, 3.63) is 87.3 Å². The van der Waals surface area contributed by atoms with Crippen molar-refractivity contribution in [3.63, 3.8) is 0 Å². The lowest BCUT2D eigenvalue weighted by atomic mass is 10.2. The summed E-state index contributed by atoms with van der Waals surface area (Å²) in [6, 6.07) is 19.4. The Balaban J connectivity index is 1.65. The molecule has 0 radical (unpaired) electrons. The highest BCUT2D eigenvalue weighted by atomic mass is 35.5. The Morgan fingerprint density at radius 2 is 1.88 bits per heavy atom. The SMILES string of the molecule is O=C(NCc1nc2ccccc2n1Cc1ccccc1Cl)c1cccs1. The Bertz CT molecular complexity index is 1060. The Labute approximate surface area is 160 Å². The number of carbonyl (C=O) groups is 1. The standard InChI is InChI=1S/C20H16ClN3OS/c21-15-7-2-1-6-14(15)13-24-17-9-4-3-8-16(17)23-19(24)12-22-20(25)18-10-5-11-26-18/h1-11H,12-13H2,(H,22,25). The van der Waals surface area contributed by atoms with Crippen LogP contribution in [0, 0.1) is 0 Å². The highest BCUT2D eigenvalue weighted by molar-refractivity contribution is 7.12. The van der Waals surface area contributed by atoms with E-state index < -0.39 is 0 Å². The van der Waals surface area contributed by atoms with Gasteiger partial charge in [-0.3, -0.25) is 4.79 Å². The molecule has 6 heteroatoms. The third-order valence-electron chi connectivity index (χ3n) is 4.17. The molecule has 0 unspecified atom stereocenters. The number of rotatable bonds is 5. The number of nitrogens with one attached hydrogen (secondary N) is 1. The van der Waals surface area contributed by atoms with Gasteiger partial charge in [-0.1, -0.05) is 48.0 Å². The van der Waals surface area contributed by atoms with Crippen molar-refractivity contribution in [2.24, 2.45) is 0 Å². The molecule has 130 valence electrons. The van der Waals surface area contributed by atoms with Crippen molar-refractivity contribution in [2.45, 2.75) is 13.1 Å². The predicted molar refractivity (Wildman–Crippen MR) is 106 cm³/mol. The molecule has 0 atom stereocenters. The van der Waals surface area contributed by atoms with Gasteiger partial charge in [-0.15, -0.1) is 11.3 Å². The van der Waals surface area contributed by atoms with Gasteiger partial charge in [-0.2, -0.15) is 0 Å². The molecule has 0 spiro atoms. The largest absolute Gasteiger partial charge is 0.344 e. The molecule has 0 fully saturated rings. The van der Waals surface area contributed by atoms with Gasteiger partial charge in [0.15, 0.2) is 0 Å². The van der Waals surface area contributed by atoms with Crippen LogP contribution in [0.2, 0.25) is 5.02 Å². The third kappa shape index (κ3) is 3.36. The maximum absolute atomic E-state index is 12.3. The van der Waals surface area contributed by atoms with Gasteiger partial charge in [0, 0.05) is 5.02 Å². The monoisotopic (exact) mass is 381 g/mol. The van der Waals surface area contributed by atoms with E-state index in [0.717, 1.165) is 27.4 Å². The van der Waals surface area contributed by atoms with E-state index in [1.54, 1.807) is 0 Å². The Kier molecular flexibility index (Phi) is 4.73. The second-order valence-corrected chi connectivity index (χ2v) is 7.21. The fraction of sp³-hybridized carbons (Fsp3) is 0.100. The van der Waals surface area contributed by atoms with E-state index in [9.17, 15) is 4.79 Å². The van der Waals surface area contributed by atoms with Crippen LogP contribution in [0.5, 0.6) is 0 Å². The lowest BCUT2D eigenvalue weighted by molar-refractivity contribution is 0.0953. The number of benzene rings is 2. The van der Waals surface area contributed by atoms with Crippen molar-refractivity contribution in [1.82, 2.24) is 14.9 Å². The zero-order valence-electron chi connectivity index (χ0n) is 13.9. The highest BCUT2D eigenvalue weighted by Gasteiger charge is 2.14. The number of nitrogens with zero attached hydrogens (tertiary/aromatic N) is 2. The Morgan fingerprint density at radius 3 is 2.69 bits per heavy atom. The van der Waals surface area contributed by atoms with Crippen LogP contribution in [0.1, 0.15) is 21.1 Å². The first-order chi connectivity index (χ1) is 12.7. The number of hydrogen-bond donors (Lipinski definition) is 1. The van der Waals surface area contributed by atoms with Crippen LogP contribution in [-0.4, -0.2) is 15.5 Å². The minimum Gasteiger partial charge on any atom is -0.344 e. The van der Waals surface area contributed by atoms with Gasteiger partial charge in [0.05, 0.1) is 29.0 Å². The molecule has 26 heavy (non-hydrogen) atoms. The number of thiophene rings is 1. The molecular weight excluding hydrogens is 366 g/mol. The van der Waals surface area contributed by atoms with Crippen LogP contribution < -0.4 is 5.32 Å². The molecule has 4 aromatic rings. The maximum atomic E-state index is 12.3. The minimum atomic E-state index is -0.0867. The normalized spacial score (nSPS) is 11.0. The topological polar surface area (TPSA) is 46.9 Å². The molecule has 2 aromatic carbocycles. The zero-order chi connectivity index (χ0) is 17.9. The summed E-state index contributed by atoms with van der Waals surface area (Å²) in [4.78, 5) is 17.7. The molecular formula is C20H16ClN3OS. The van der Waals surface area contributed by atoms with E-state index in [-0.39, 0.29) is 5.91 Å². The van der Waals surface area contributed by atoms with Crippen molar-refractivity contribution < 1.29 is 4.79 Å². The zero-order valence-corrected chi connectivity index (χ0v) is 15.4. The van der Waals surface area contributed by atoms with E-state index in [0.29, 0.717) is 18.0 Å². The molecule has 4 nitrogen and oxygen atoms in total. The molecule has 0 bridgehead atoms. The van der Waals surface area contributed by atoms with E-state index in [1.165, 1.54) is 11.3 Å². The second-order valence-electron chi connectivity index (χ2n) is 5.85. The first kappa shape index (κ1) is 16.8. The minimum absolute atomic E-state index is 0.0867. The van der Waals surface area contributed by atoms with Crippen LogP contribution in [0.4, 0.5) is 0 Å². The molecule has 0 saturated heterocycles. The van der Waals surface area contributed by atoms with Gasteiger partial charge in [0.2, 0.25) is 0 Å². The fourth-order valence-corrected chi connectivity index (χ4v) is 3.72. The average molecular weight is 382 g/mol. The number of carbonyl (C=O) groups excluding carboxylic acids is 1. The van der Waals surface area contributed by atoms with Gasteiger partial charge in [-0.25, -0.2) is 4.98 Å². The molecule has 0 aliphatic heterocycles. The van der Waals surface area contributed by atoms with Crippen LogP contribution in [0.25, 0.3) is 11.0 Å². The summed E-state index contributed by atoms with van der Waals surface area (Å²) < 4.78 is 2.10. The van der Waals surface area contributed by atoms with Crippen molar-refractivity contribution in [3.8, 4) is 0 Å². The van der Waals surface area contributed by atoms with Gasteiger partial charge >= 0.3 is 0 Å². The molecule has 4 rings (SSSR count). The molecule has 2 heterocycles. The van der Waals surface area contributed by atoms with E-state index in [2.05, 4.69) is 9.88 Å². The average Bonchev–Trinajstić information content (AvgIpc) is 3.30. The Morgan fingerprint density at radius 1 is 1.08 bits per heavy atom. The summed E-state index contributed by atoms with van der Waals surface area (Å²) in [7, 11) is 0. The maximum Gasteiger partial charge on any atom is 0.261 e. The third-order valence-corrected chi connectivity index (χ3v) is 5.41. The fourth-order valence-electron chi connectivity index (χ4n) is 2.89. The number of amides is 1. The van der Waals surface area contributed by atoms with E-state index >= 15 is 0 Å². The molecule has 0 aliphatic carbocycles. The van der Waals surface area contributed by atoms with Gasteiger partial charge in [0.1, 0.15) is 5.82 Å². The number of halogens is 1. The summed E-state index contributed by atoms with van der Waals surface area (Å²) in [5.74, 6) is 0.715. The van der Waals surface area contributed by atoms with Gasteiger partial charge in [0.25, 0.3) is 5.91 Å². The molecule has 2 aromatic heterocycles. The number of hydrogen-bond acceptors (Lipinski definition) is 3. The first-order valence-electron chi connectivity index (χ1n) is 8.21. The van der Waals surface area contributed by atoms with Crippen molar-refractivity contribution in [1.29, 1.82) is 0 Å². The van der Waals surface area contributed by atoms with Gasteiger partial charge < -0.3 is 9.88 Å². The van der Waals surface area contributed by atoms with Crippen LogP contribution in [-0.2, 0) is 13.1 Å². The smallest absolute Gasteiger partial charge is 0.261 e. The number of fused-ring (bicyclic) bond motifs is 1. The van der Waals surface area contributed by atoms with Crippen LogP contribution >= 0.6 is 22.9 Å². The molecule has 0 aliphatic rings. The summed E-state index contributed by atoms with van der Waals surface area (Å²) in [5, 5.41) is 5.57. The summed E-state index contributed by atoms with van der Waals surface area (Å²) in [6.07, 6.45) is 0.